The van der Waals surface area contributed by atoms with Gasteiger partial charge in [-0.15, -0.1) is 0 Å². The molecule has 0 atom stereocenters. The van der Waals surface area contributed by atoms with Crippen LogP contribution in [0.15, 0.2) is 17.1 Å². The number of hydrogen-bond donors (Lipinski definition) is 2. The molecule has 1 aromatic carbocycles. The Hall–Kier alpha value is -1.84. The van der Waals surface area contributed by atoms with Crippen LogP contribution in [0.5, 0.6) is 0 Å². The maximum absolute atomic E-state index is 11.6. The van der Waals surface area contributed by atoms with Gasteiger partial charge in [-0.1, -0.05) is 6.07 Å². The molecule has 0 bridgehead atoms. The van der Waals surface area contributed by atoms with E-state index in [0.29, 0.717) is 23.5 Å². The molecule has 0 radical (unpaired) electrons. The van der Waals surface area contributed by atoms with E-state index >= 15 is 0 Å². The monoisotopic (exact) mass is 253 g/mol. The van der Waals surface area contributed by atoms with Crippen molar-refractivity contribution in [1.82, 2.24) is 4.84 Å². The van der Waals surface area contributed by atoms with Crippen LogP contribution in [0.3, 0.4) is 0 Å². The fraction of sp³-hybridized carbons (Fsp3) is 0.273. The van der Waals surface area contributed by atoms with E-state index < -0.39 is 5.91 Å². The zero-order valence-electron chi connectivity index (χ0n) is 9.50. The molecule has 0 heterocycles. The molecule has 1 amide bonds. The fourth-order valence-electron chi connectivity index (χ4n) is 1.48. The molecule has 0 fully saturated rings. The van der Waals surface area contributed by atoms with Gasteiger partial charge in [0.1, 0.15) is 5.69 Å². The van der Waals surface area contributed by atoms with Crippen LogP contribution < -0.4 is 10.2 Å². The predicted molar refractivity (Wildman–Crippen MR) is 66.4 cm³/mol. The average Bonchev–Trinajstić information content (AvgIpc) is 2.33. The third-order valence-corrected chi connectivity index (χ3v) is 2.39. The quantitative estimate of drug-likeness (QED) is 0.491. The number of nitrogens with zero attached hydrogens (tertiary/aromatic N) is 1. The summed E-state index contributed by atoms with van der Waals surface area (Å²) in [7, 11) is 0. The number of carbonyl (C=O) groups is 1. The first-order valence-electron chi connectivity index (χ1n) is 5.02. The molecular formula is C11H12ClN3O2. The first-order chi connectivity index (χ1) is 8.15. The summed E-state index contributed by atoms with van der Waals surface area (Å²) < 4.78 is 0. The lowest BCUT2D eigenvalue weighted by Crippen LogP contribution is -2.15. The predicted octanol–water partition coefficient (Wildman–Crippen LogP) is 2.28. The first kappa shape index (κ1) is 13.2. The molecule has 0 aromatic heterocycles. The zero-order valence-corrected chi connectivity index (χ0v) is 10.3. The van der Waals surface area contributed by atoms with Crippen molar-refractivity contribution >= 4 is 35.1 Å². The third-order valence-electron chi connectivity index (χ3n) is 2.22. The van der Waals surface area contributed by atoms with Crippen molar-refractivity contribution in [2.24, 2.45) is 4.99 Å². The van der Waals surface area contributed by atoms with Gasteiger partial charge in [-0.25, -0.2) is 4.79 Å². The molecule has 0 saturated carbocycles. The molecule has 0 aliphatic heterocycles. The lowest BCUT2D eigenvalue weighted by molar-refractivity contribution is 0.0982. The standard InChI is InChI=1S/C11H12ClN3O2/c1-3-13-10-8(11(17)15-12)5-4-7(2)9(10)14-6-16/h4-5,13H,3H2,1-2H3,(H,15,17). The molecule has 0 unspecified atom stereocenters. The third kappa shape index (κ3) is 2.84. The molecule has 90 valence electrons. The van der Waals surface area contributed by atoms with E-state index in [9.17, 15) is 9.59 Å². The smallest absolute Gasteiger partial charge is 0.267 e. The second-order valence-electron chi connectivity index (χ2n) is 3.31. The minimum absolute atomic E-state index is 0.335. The van der Waals surface area contributed by atoms with Gasteiger partial charge in [0.15, 0.2) is 0 Å². The minimum Gasteiger partial charge on any atom is -0.383 e. The highest BCUT2D eigenvalue weighted by molar-refractivity contribution is 6.25. The first-order valence-corrected chi connectivity index (χ1v) is 5.39. The number of halogens is 1. The van der Waals surface area contributed by atoms with Gasteiger partial charge in [0.2, 0.25) is 6.08 Å². The van der Waals surface area contributed by atoms with E-state index in [0.717, 1.165) is 5.56 Å². The SMILES string of the molecule is CCNc1c(C(=O)NCl)ccc(C)c1N=C=O. The van der Waals surface area contributed by atoms with Gasteiger partial charge < -0.3 is 5.32 Å². The number of benzene rings is 1. The molecule has 0 aliphatic rings. The molecule has 6 heteroatoms. The van der Waals surface area contributed by atoms with Gasteiger partial charge in [-0.3, -0.25) is 9.63 Å². The van der Waals surface area contributed by atoms with Crippen molar-refractivity contribution in [3.05, 3.63) is 23.3 Å². The number of amides is 1. The Morgan fingerprint density at radius 3 is 2.76 bits per heavy atom. The number of hydrogen-bond acceptors (Lipinski definition) is 4. The minimum atomic E-state index is -0.454. The Labute approximate surface area is 104 Å². The van der Waals surface area contributed by atoms with E-state index in [1.807, 2.05) is 11.8 Å². The number of isocyanates is 1. The molecule has 1 rings (SSSR count). The van der Waals surface area contributed by atoms with Crippen LogP contribution in [0, 0.1) is 6.92 Å². The van der Waals surface area contributed by atoms with Gasteiger partial charge in [0, 0.05) is 18.3 Å². The number of rotatable bonds is 4. The van der Waals surface area contributed by atoms with Crippen LogP contribution in [0.25, 0.3) is 0 Å². The molecule has 2 N–H and O–H groups in total. The van der Waals surface area contributed by atoms with Gasteiger partial charge in [-0.2, -0.15) is 4.99 Å². The highest BCUT2D eigenvalue weighted by atomic mass is 35.5. The molecule has 0 spiro atoms. The number of aliphatic imine (C=N–C) groups is 1. The topological polar surface area (TPSA) is 70.6 Å². The van der Waals surface area contributed by atoms with E-state index in [1.165, 1.54) is 6.08 Å². The summed E-state index contributed by atoms with van der Waals surface area (Å²) in [5.41, 5.74) is 1.99. The van der Waals surface area contributed by atoms with Crippen molar-refractivity contribution in [2.45, 2.75) is 13.8 Å². The average molecular weight is 254 g/mol. The maximum atomic E-state index is 11.6. The van der Waals surface area contributed by atoms with Gasteiger partial charge in [0.25, 0.3) is 5.91 Å². The van der Waals surface area contributed by atoms with Crippen molar-refractivity contribution in [3.63, 3.8) is 0 Å². The van der Waals surface area contributed by atoms with E-state index in [4.69, 9.17) is 11.8 Å². The number of aryl methyl sites for hydroxylation is 1. The second-order valence-corrected chi connectivity index (χ2v) is 3.50. The zero-order chi connectivity index (χ0) is 12.8. The number of nitrogens with one attached hydrogen (secondary N) is 2. The Morgan fingerprint density at radius 1 is 1.53 bits per heavy atom. The number of anilines is 1. The van der Waals surface area contributed by atoms with Crippen LogP contribution >= 0.6 is 11.8 Å². The van der Waals surface area contributed by atoms with Crippen molar-refractivity contribution in [1.29, 1.82) is 0 Å². The molecule has 1 aromatic rings. The summed E-state index contributed by atoms with van der Waals surface area (Å²) in [6.45, 7) is 4.26. The normalized spacial score (nSPS) is 9.35. The van der Waals surface area contributed by atoms with Crippen LogP contribution in [-0.2, 0) is 4.79 Å². The van der Waals surface area contributed by atoms with Crippen LogP contribution in [0.4, 0.5) is 11.4 Å². The number of carbonyl (C=O) groups excluding carboxylic acids is 2. The summed E-state index contributed by atoms with van der Waals surface area (Å²) in [4.78, 5) is 27.6. The highest BCUT2D eigenvalue weighted by Gasteiger charge is 2.15. The van der Waals surface area contributed by atoms with E-state index in [2.05, 4.69) is 10.3 Å². The van der Waals surface area contributed by atoms with Crippen molar-refractivity contribution in [3.8, 4) is 0 Å². The maximum Gasteiger partial charge on any atom is 0.267 e. The molecule has 5 nitrogen and oxygen atoms in total. The fourth-order valence-corrected chi connectivity index (χ4v) is 1.58. The Morgan fingerprint density at radius 2 is 2.24 bits per heavy atom. The second kappa shape index (κ2) is 6.03. The molecule has 17 heavy (non-hydrogen) atoms. The van der Waals surface area contributed by atoms with Gasteiger partial charge in [-0.05, 0) is 25.5 Å². The summed E-state index contributed by atoms with van der Waals surface area (Å²) in [6.07, 6.45) is 1.48. The van der Waals surface area contributed by atoms with Crippen LogP contribution in [0.2, 0.25) is 0 Å². The Bertz CT molecular complexity index is 482. The van der Waals surface area contributed by atoms with Crippen molar-refractivity contribution in [2.75, 3.05) is 11.9 Å². The summed E-state index contributed by atoms with van der Waals surface area (Å²) in [6, 6.07) is 3.31. The molecule has 0 saturated heterocycles. The lowest BCUT2D eigenvalue weighted by atomic mass is 10.1. The largest absolute Gasteiger partial charge is 0.383 e. The molecular weight excluding hydrogens is 242 g/mol. The van der Waals surface area contributed by atoms with Gasteiger partial charge in [0.05, 0.1) is 11.3 Å². The molecule has 0 aliphatic carbocycles. The Kier molecular flexibility index (Phi) is 4.69. The van der Waals surface area contributed by atoms with Crippen molar-refractivity contribution < 1.29 is 9.59 Å². The van der Waals surface area contributed by atoms with E-state index in [1.54, 1.807) is 19.1 Å². The van der Waals surface area contributed by atoms with E-state index in [-0.39, 0.29) is 0 Å². The summed E-state index contributed by atoms with van der Waals surface area (Å²) in [5.74, 6) is -0.454. The highest BCUT2D eigenvalue weighted by Crippen LogP contribution is 2.32. The summed E-state index contributed by atoms with van der Waals surface area (Å²) >= 11 is 5.29. The van der Waals surface area contributed by atoms with Crippen LogP contribution in [0.1, 0.15) is 22.8 Å². The summed E-state index contributed by atoms with van der Waals surface area (Å²) in [5, 5.41) is 2.99. The van der Waals surface area contributed by atoms with Crippen LogP contribution in [-0.4, -0.2) is 18.5 Å². The lowest BCUT2D eigenvalue weighted by Gasteiger charge is -2.13. The Balaban J connectivity index is 3.45. The van der Waals surface area contributed by atoms with Gasteiger partial charge >= 0.3 is 0 Å².